The second-order valence-corrected chi connectivity index (χ2v) is 8.10. The molecule has 0 radical (unpaired) electrons. The van der Waals surface area contributed by atoms with E-state index in [1.54, 1.807) is 28.2 Å². The Morgan fingerprint density at radius 2 is 2.00 bits per heavy atom. The van der Waals surface area contributed by atoms with E-state index < -0.39 is 10.0 Å². The maximum Gasteiger partial charge on any atom is 0.244 e. The van der Waals surface area contributed by atoms with Gasteiger partial charge in [0, 0.05) is 15.9 Å². The summed E-state index contributed by atoms with van der Waals surface area (Å²) < 4.78 is 27.1. The van der Waals surface area contributed by atoms with Gasteiger partial charge in [0.25, 0.3) is 0 Å². The Kier molecular flexibility index (Phi) is 3.82. The SMILES string of the molecule is C[C@H]1SCCN1S(=O)(=O)c1ccc(I)cc1. The van der Waals surface area contributed by atoms with Crippen LogP contribution in [0.5, 0.6) is 0 Å². The number of nitrogens with zero attached hydrogens (tertiary/aromatic N) is 1. The van der Waals surface area contributed by atoms with Gasteiger partial charge in [-0.25, -0.2) is 8.42 Å². The largest absolute Gasteiger partial charge is 0.244 e. The molecule has 3 nitrogen and oxygen atoms in total. The van der Waals surface area contributed by atoms with Crippen LogP contribution in [0.25, 0.3) is 0 Å². The Labute approximate surface area is 114 Å². The van der Waals surface area contributed by atoms with Crippen molar-refractivity contribution in [2.24, 2.45) is 0 Å². The monoisotopic (exact) mass is 369 g/mol. The minimum atomic E-state index is -3.30. The number of hydrogen-bond acceptors (Lipinski definition) is 3. The Morgan fingerprint density at radius 1 is 1.38 bits per heavy atom. The summed E-state index contributed by atoms with van der Waals surface area (Å²) in [6.45, 7) is 2.54. The first kappa shape index (κ1) is 12.7. The van der Waals surface area contributed by atoms with Crippen molar-refractivity contribution in [3.05, 3.63) is 27.8 Å². The average molecular weight is 369 g/mol. The standard InChI is InChI=1S/C10H12INO2S2/c1-8-12(6-7-15-8)16(13,14)10-4-2-9(11)3-5-10/h2-5,8H,6-7H2,1H3/t8-/m1/s1. The van der Waals surface area contributed by atoms with Crippen LogP contribution in [-0.4, -0.2) is 30.4 Å². The molecule has 1 heterocycles. The molecule has 1 aliphatic rings. The first-order valence-electron chi connectivity index (χ1n) is 4.91. The Hall–Kier alpha value is 0.210. The summed E-state index contributed by atoms with van der Waals surface area (Å²) in [5.74, 6) is 0.880. The minimum Gasteiger partial charge on any atom is -0.207 e. The second kappa shape index (κ2) is 4.83. The lowest BCUT2D eigenvalue weighted by Gasteiger charge is -2.19. The van der Waals surface area contributed by atoms with Gasteiger partial charge in [-0.05, 0) is 53.8 Å². The van der Waals surface area contributed by atoms with Gasteiger partial charge in [0.2, 0.25) is 10.0 Å². The third kappa shape index (κ3) is 2.39. The van der Waals surface area contributed by atoms with E-state index in [1.165, 1.54) is 0 Å². The summed E-state index contributed by atoms with van der Waals surface area (Å²) in [6.07, 6.45) is 0. The molecule has 0 unspecified atom stereocenters. The Morgan fingerprint density at radius 3 is 2.50 bits per heavy atom. The van der Waals surface area contributed by atoms with Gasteiger partial charge in [-0.15, -0.1) is 11.8 Å². The summed E-state index contributed by atoms with van der Waals surface area (Å²) in [7, 11) is -3.30. The van der Waals surface area contributed by atoms with E-state index in [4.69, 9.17) is 0 Å². The van der Waals surface area contributed by atoms with Gasteiger partial charge in [0.1, 0.15) is 0 Å². The molecule has 0 bridgehead atoms. The van der Waals surface area contributed by atoms with Crippen molar-refractivity contribution in [2.75, 3.05) is 12.3 Å². The van der Waals surface area contributed by atoms with Crippen molar-refractivity contribution < 1.29 is 8.42 Å². The zero-order valence-corrected chi connectivity index (χ0v) is 12.5. The van der Waals surface area contributed by atoms with Gasteiger partial charge in [0.15, 0.2) is 0 Å². The molecular formula is C10H12INO2S2. The van der Waals surface area contributed by atoms with Gasteiger partial charge >= 0.3 is 0 Å². The molecule has 0 saturated carbocycles. The molecule has 0 N–H and O–H groups in total. The molecule has 88 valence electrons. The normalized spacial score (nSPS) is 22.5. The molecule has 1 atom stereocenters. The predicted octanol–water partition coefficient (Wildman–Crippen LogP) is 2.37. The summed E-state index contributed by atoms with van der Waals surface area (Å²) in [6, 6.07) is 6.99. The first-order chi connectivity index (χ1) is 7.51. The van der Waals surface area contributed by atoms with E-state index >= 15 is 0 Å². The number of benzene rings is 1. The van der Waals surface area contributed by atoms with Gasteiger partial charge in [-0.1, -0.05) is 0 Å². The predicted molar refractivity (Wildman–Crippen MR) is 75.0 cm³/mol. The van der Waals surface area contributed by atoms with Crippen LogP contribution < -0.4 is 0 Å². The van der Waals surface area contributed by atoms with E-state index in [0.29, 0.717) is 11.4 Å². The topological polar surface area (TPSA) is 37.4 Å². The third-order valence-electron chi connectivity index (χ3n) is 2.50. The van der Waals surface area contributed by atoms with Crippen LogP contribution in [0.2, 0.25) is 0 Å². The molecule has 16 heavy (non-hydrogen) atoms. The fourth-order valence-corrected chi connectivity index (χ4v) is 5.02. The van der Waals surface area contributed by atoms with Crippen molar-refractivity contribution in [1.82, 2.24) is 4.31 Å². The molecule has 1 aliphatic heterocycles. The molecule has 1 aromatic rings. The molecule has 1 aromatic carbocycles. The third-order valence-corrected chi connectivity index (χ3v) is 6.49. The van der Waals surface area contributed by atoms with Crippen molar-refractivity contribution >= 4 is 44.4 Å². The molecule has 1 saturated heterocycles. The summed E-state index contributed by atoms with van der Waals surface area (Å²) in [4.78, 5) is 0.391. The van der Waals surface area contributed by atoms with Crippen LogP contribution in [0.15, 0.2) is 29.2 Å². The summed E-state index contributed by atoms with van der Waals surface area (Å²) in [5.41, 5.74) is 0. The molecule has 0 aromatic heterocycles. The van der Waals surface area contributed by atoms with Gasteiger partial charge in [0.05, 0.1) is 10.3 Å². The van der Waals surface area contributed by atoms with E-state index in [1.807, 2.05) is 19.1 Å². The van der Waals surface area contributed by atoms with Crippen molar-refractivity contribution in [1.29, 1.82) is 0 Å². The lowest BCUT2D eigenvalue weighted by molar-refractivity contribution is 0.442. The van der Waals surface area contributed by atoms with Crippen LogP contribution in [-0.2, 0) is 10.0 Å². The lowest BCUT2D eigenvalue weighted by atomic mass is 10.4. The van der Waals surface area contributed by atoms with Gasteiger partial charge in [-0.3, -0.25) is 0 Å². The zero-order chi connectivity index (χ0) is 11.8. The first-order valence-corrected chi connectivity index (χ1v) is 8.47. The molecule has 1 fully saturated rings. The highest BCUT2D eigenvalue weighted by molar-refractivity contribution is 14.1. The second-order valence-electron chi connectivity index (χ2n) is 3.54. The molecule has 2 rings (SSSR count). The summed E-state index contributed by atoms with van der Waals surface area (Å²) >= 11 is 3.84. The van der Waals surface area contributed by atoms with E-state index in [0.717, 1.165) is 9.32 Å². The Bertz CT molecular complexity index is 472. The van der Waals surface area contributed by atoms with Crippen molar-refractivity contribution in [3.8, 4) is 0 Å². The minimum absolute atomic E-state index is 0.0456. The highest BCUT2D eigenvalue weighted by atomic mass is 127. The van der Waals surface area contributed by atoms with E-state index in [9.17, 15) is 8.42 Å². The number of sulfonamides is 1. The fraction of sp³-hybridized carbons (Fsp3) is 0.400. The highest BCUT2D eigenvalue weighted by Gasteiger charge is 2.32. The quantitative estimate of drug-likeness (QED) is 0.752. The van der Waals surface area contributed by atoms with Crippen LogP contribution in [0.1, 0.15) is 6.92 Å². The number of halogens is 1. The van der Waals surface area contributed by atoms with Gasteiger partial charge < -0.3 is 0 Å². The maximum atomic E-state index is 12.3. The Balaban J connectivity index is 2.35. The highest BCUT2D eigenvalue weighted by Crippen LogP contribution is 2.29. The van der Waals surface area contributed by atoms with Gasteiger partial charge in [-0.2, -0.15) is 4.31 Å². The molecule has 6 heteroatoms. The zero-order valence-electron chi connectivity index (χ0n) is 8.76. The number of rotatable bonds is 2. The van der Waals surface area contributed by atoms with Crippen LogP contribution >= 0.6 is 34.4 Å². The molecule has 0 aliphatic carbocycles. The smallest absolute Gasteiger partial charge is 0.207 e. The van der Waals surface area contributed by atoms with Crippen LogP contribution in [0.4, 0.5) is 0 Å². The van der Waals surface area contributed by atoms with Crippen LogP contribution in [0, 0.1) is 3.57 Å². The summed E-state index contributed by atoms with van der Waals surface area (Å²) in [5, 5.41) is 0.0456. The lowest BCUT2D eigenvalue weighted by Crippen LogP contribution is -2.33. The van der Waals surface area contributed by atoms with Crippen molar-refractivity contribution in [2.45, 2.75) is 17.2 Å². The maximum absolute atomic E-state index is 12.3. The molecule has 0 amide bonds. The van der Waals surface area contributed by atoms with E-state index in [2.05, 4.69) is 22.6 Å². The fourth-order valence-electron chi connectivity index (χ4n) is 1.64. The molecular weight excluding hydrogens is 357 g/mol. The van der Waals surface area contributed by atoms with E-state index in [-0.39, 0.29) is 5.37 Å². The van der Waals surface area contributed by atoms with Crippen molar-refractivity contribution in [3.63, 3.8) is 0 Å². The number of thioether (sulfide) groups is 1. The number of hydrogen-bond donors (Lipinski definition) is 0. The molecule has 0 spiro atoms. The average Bonchev–Trinajstić information content (AvgIpc) is 2.66. The van der Waals surface area contributed by atoms with Crippen LogP contribution in [0.3, 0.4) is 0 Å².